The van der Waals surface area contributed by atoms with Gasteiger partial charge in [0.05, 0.1) is 33.8 Å². The van der Waals surface area contributed by atoms with E-state index in [1.807, 2.05) is 6.07 Å². The van der Waals surface area contributed by atoms with E-state index in [4.69, 9.17) is 26.2 Å². The van der Waals surface area contributed by atoms with E-state index >= 15 is 0 Å². The normalized spacial score (nSPS) is 20.8. The molecule has 2 N–H and O–H groups in total. The van der Waals surface area contributed by atoms with Gasteiger partial charge in [-0.25, -0.2) is 4.98 Å². The Labute approximate surface area is 201 Å². The van der Waals surface area contributed by atoms with Gasteiger partial charge >= 0.3 is 5.97 Å². The summed E-state index contributed by atoms with van der Waals surface area (Å²) in [6.07, 6.45) is 6.94. The van der Waals surface area contributed by atoms with Crippen molar-refractivity contribution in [3.63, 3.8) is 0 Å². The molecule has 0 aliphatic heterocycles. The van der Waals surface area contributed by atoms with Crippen molar-refractivity contribution in [3.8, 4) is 29.1 Å². The Kier molecular flexibility index (Phi) is 6.29. The fraction of sp³-hybridized carbons (Fsp3) is 0.440. The Morgan fingerprint density at radius 3 is 2.50 bits per heavy atom. The number of aromatic nitrogens is 3. The lowest BCUT2D eigenvalue weighted by atomic mass is 9.87. The fourth-order valence-electron chi connectivity index (χ4n) is 4.79. The largest absolute Gasteiger partial charge is 0.489 e. The van der Waals surface area contributed by atoms with E-state index in [-0.39, 0.29) is 18.1 Å². The number of hydrogen-bond donors (Lipinski definition) is 2. The van der Waals surface area contributed by atoms with Crippen molar-refractivity contribution in [1.82, 2.24) is 15.0 Å². The van der Waals surface area contributed by atoms with Crippen molar-refractivity contribution in [2.24, 2.45) is 5.92 Å². The molecule has 9 heteroatoms. The van der Waals surface area contributed by atoms with Gasteiger partial charge < -0.3 is 19.6 Å². The van der Waals surface area contributed by atoms with Gasteiger partial charge in [0.25, 0.3) is 6.01 Å². The standard InChI is InChI=1S/C25H25ClN4O4/c26-19-12-20-23(30-25(28-20)34-18-8-5-14(6-9-18)24(31)32)29-22(19)15-7-10-21(16(11-15)13-27)33-17-3-1-2-4-17/h7,10-12,14,17-18H,1-6,8-9H2,(H,31,32)(H,28,29,30)/t14-,18-. The summed E-state index contributed by atoms with van der Waals surface area (Å²) in [5.74, 6) is -0.457. The number of fused-ring (bicyclic) bond motifs is 1. The number of aromatic amines is 1. The second-order valence-electron chi connectivity index (χ2n) is 9.01. The first-order valence-corrected chi connectivity index (χ1v) is 12.0. The first kappa shape index (κ1) is 22.5. The highest BCUT2D eigenvalue weighted by molar-refractivity contribution is 6.33. The third-order valence-electron chi connectivity index (χ3n) is 6.68. The van der Waals surface area contributed by atoms with Crippen LogP contribution in [0.4, 0.5) is 0 Å². The van der Waals surface area contributed by atoms with Crippen LogP contribution in [0.3, 0.4) is 0 Å². The Bertz CT molecular complexity index is 1250. The van der Waals surface area contributed by atoms with Crippen LogP contribution in [0.15, 0.2) is 24.3 Å². The minimum Gasteiger partial charge on any atom is -0.489 e. The second kappa shape index (κ2) is 9.51. The lowest BCUT2D eigenvalue weighted by Gasteiger charge is -2.25. The average Bonchev–Trinajstić information content (AvgIpc) is 3.48. The predicted molar refractivity (Wildman–Crippen MR) is 126 cm³/mol. The number of rotatable bonds is 6. The number of benzene rings is 1. The lowest BCUT2D eigenvalue weighted by molar-refractivity contribution is -0.143. The topological polar surface area (TPSA) is 121 Å². The van der Waals surface area contributed by atoms with Crippen LogP contribution < -0.4 is 9.47 Å². The third-order valence-corrected chi connectivity index (χ3v) is 6.96. The number of pyridine rings is 1. The molecular formula is C25H25ClN4O4. The summed E-state index contributed by atoms with van der Waals surface area (Å²) in [5, 5.41) is 19.3. The van der Waals surface area contributed by atoms with Gasteiger partial charge in [-0.1, -0.05) is 11.6 Å². The first-order chi connectivity index (χ1) is 16.5. The summed E-state index contributed by atoms with van der Waals surface area (Å²) in [6, 6.07) is 9.72. The molecule has 0 atom stereocenters. The minimum atomic E-state index is -0.744. The Balaban J connectivity index is 1.35. The Morgan fingerprint density at radius 1 is 1.06 bits per heavy atom. The lowest BCUT2D eigenvalue weighted by Crippen LogP contribution is -2.28. The number of nitrogens with zero attached hydrogens (tertiary/aromatic N) is 3. The molecule has 2 aromatic heterocycles. The molecule has 2 saturated carbocycles. The van der Waals surface area contributed by atoms with E-state index in [1.54, 1.807) is 18.2 Å². The zero-order valence-electron chi connectivity index (χ0n) is 18.6. The summed E-state index contributed by atoms with van der Waals surface area (Å²) in [6.45, 7) is 0. The molecule has 3 aromatic rings. The van der Waals surface area contributed by atoms with Crippen LogP contribution in [-0.4, -0.2) is 38.2 Å². The molecule has 0 bridgehead atoms. The highest BCUT2D eigenvalue weighted by atomic mass is 35.5. The number of H-pyrrole nitrogens is 1. The molecule has 8 nitrogen and oxygen atoms in total. The maximum Gasteiger partial charge on any atom is 0.306 e. The first-order valence-electron chi connectivity index (χ1n) is 11.7. The van der Waals surface area contributed by atoms with Gasteiger partial charge in [-0.2, -0.15) is 10.2 Å². The monoisotopic (exact) mass is 480 g/mol. The fourth-order valence-corrected chi connectivity index (χ4v) is 5.05. The zero-order valence-corrected chi connectivity index (χ0v) is 19.3. The van der Waals surface area contributed by atoms with E-state index in [0.29, 0.717) is 70.5 Å². The van der Waals surface area contributed by atoms with E-state index in [2.05, 4.69) is 21.0 Å². The number of carbonyl (C=O) groups is 1. The number of carboxylic acid groups (broad SMARTS) is 1. The molecular weight excluding hydrogens is 456 g/mol. The third kappa shape index (κ3) is 4.66. The van der Waals surface area contributed by atoms with E-state index < -0.39 is 5.97 Å². The minimum absolute atomic E-state index is 0.0864. The van der Waals surface area contributed by atoms with Crippen molar-refractivity contribution >= 4 is 28.7 Å². The molecule has 0 spiro atoms. The molecule has 176 valence electrons. The molecule has 0 saturated heterocycles. The van der Waals surface area contributed by atoms with Crippen LogP contribution in [-0.2, 0) is 4.79 Å². The van der Waals surface area contributed by atoms with Crippen molar-refractivity contribution in [1.29, 1.82) is 5.26 Å². The molecule has 2 aliphatic carbocycles. The Morgan fingerprint density at radius 2 is 1.79 bits per heavy atom. The highest BCUT2D eigenvalue weighted by Gasteiger charge is 2.27. The van der Waals surface area contributed by atoms with Gasteiger partial charge in [-0.05, 0) is 75.6 Å². The van der Waals surface area contributed by atoms with Gasteiger partial charge in [0.15, 0.2) is 5.65 Å². The van der Waals surface area contributed by atoms with Crippen LogP contribution in [0.2, 0.25) is 5.02 Å². The molecule has 0 amide bonds. The van der Waals surface area contributed by atoms with Gasteiger partial charge in [-0.3, -0.25) is 4.79 Å². The van der Waals surface area contributed by atoms with Gasteiger partial charge in [0.1, 0.15) is 17.9 Å². The van der Waals surface area contributed by atoms with Crippen LogP contribution in [0.5, 0.6) is 11.8 Å². The number of imidazole rings is 1. The Hall–Kier alpha value is -3.31. The van der Waals surface area contributed by atoms with E-state index in [0.717, 1.165) is 25.7 Å². The van der Waals surface area contributed by atoms with E-state index in [1.165, 1.54) is 0 Å². The molecule has 1 aromatic carbocycles. The van der Waals surface area contributed by atoms with Crippen LogP contribution in [0.25, 0.3) is 22.4 Å². The molecule has 5 rings (SSSR count). The number of nitrogens with one attached hydrogen (secondary N) is 1. The molecule has 2 aliphatic rings. The van der Waals surface area contributed by atoms with Gasteiger partial charge in [0.2, 0.25) is 0 Å². The SMILES string of the molecule is N#Cc1cc(-c2nc3nc(O[C@H]4CC[C@H](C(=O)O)CC4)[nH]c3cc2Cl)ccc1OC1CCCC1. The molecule has 0 radical (unpaired) electrons. The maximum absolute atomic E-state index is 11.1. The molecule has 0 unspecified atom stereocenters. The number of aliphatic carboxylic acids is 1. The molecule has 2 fully saturated rings. The number of hydrogen-bond acceptors (Lipinski definition) is 6. The number of carboxylic acids is 1. The predicted octanol–water partition coefficient (Wildman–Crippen LogP) is 5.49. The summed E-state index contributed by atoms with van der Waals surface area (Å²) in [5.41, 5.74) is 2.78. The average molecular weight is 481 g/mol. The number of nitriles is 1. The van der Waals surface area contributed by atoms with Crippen molar-refractivity contribution < 1.29 is 19.4 Å². The summed E-state index contributed by atoms with van der Waals surface area (Å²) in [7, 11) is 0. The number of halogens is 1. The van der Waals surface area contributed by atoms with Crippen LogP contribution in [0, 0.1) is 17.2 Å². The highest BCUT2D eigenvalue weighted by Crippen LogP contribution is 2.34. The summed E-state index contributed by atoms with van der Waals surface area (Å²) < 4.78 is 12.0. The van der Waals surface area contributed by atoms with Crippen molar-refractivity contribution in [2.75, 3.05) is 0 Å². The van der Waals surface area contributed by atoms with Gasteiger partial charge in [-0.15, -0.1) is 0 Å². The quantitative estimate of drug-likeness (QED) is 0.478. The maximum atomic E-state index is 11.1. The van der Waals surface area contributed by atoms with Crippen molar-refractivity contribution in [2.45, 2.75) is 63.6 Å². The number of ether oxygens (including phenoxy) is 2. The van der Waals surface area contributed by atoms with E-state index in [9.17, 15) is 10.1 Å². The van der Waals surface area contributed by atoms with Crippen LogP contribution in [0.1, 0.15) is 56.9 Å². The van der Waals surface area contributed by atoms with Crippen LogP contribution >= 0.6 is 11.6 Å². The molecule has 2 heterocycles. The summed E-state index contributed by atoms with van der Waals surface area (Å²) in [4.78, 5) is 23.3. The summed E-state index contributed by atoms with van der Waals surface area (Å²) >= 11 is 6.54. The zero-order chi connectivity index (χ0) is 23.7. The second-order valence-corrected chi connectivity index (χ2v) is 9.42. The van der Waals surface area contributed by atoms with Crippen molar-refractivity contribution in [3.05, 3.63) is 34.9 Å². The van der Waals surface area contributed by atoms with Gasteiger partial charge in [0, 0.05) is 5.56 Å². The molecule has 34 heavy (non-hydrogen) atoms. The smallest absolute Gasteiger partial charge is 0.306 e.